The number of aromatic nitrogens is 2. The van der Waals surface area contributed by atoms with Crippen LogP contribution < -0.4 is 0 Å². The monoisotopic (exact) mass is 277 g/mol. The van der Waals surface area contributed by atoms with Gasteiger partial charge in [-0.05, 0) is 18.6 Å². The van der Waals surface area contributed by atoms with Crippen LogP contribution in [0.25, 0.3) is 0 Å². The normalized spacial score (nSPS) is 20.7. The van der Waals surface area contributed by atoms with Crippen LogP contribution in [0.15, 0.2) is 47.8 Å². The Morgan fingerprint density at radius 2 is 2.05 bits per heavy atom. The molecule has 0 amide bonds. The minimum Gasteiger partial charge on any atom is -0.348 e. The molecule has 6 heteroatoms. The van der Waals surface area contributed by atoms with E-state index in [2.05, 4.69) is 9.97 Å². The number of rotatable bonds is 3. The quantitative estimate of drug-likeness (QED) is 0.926. The smallest absolute Gasteiger partial charge is 0.243 e. The number of sulfonamides is 1. The van der Waals surface area contributed by atoms with Crippen molar-refractivity contribution in [1.82, 2.24) is 14.3 Å². The highest BCUT2D eigenvalue weighted by Gasteiger charge is 2.33. The standard InChI is InChI=1S/C13H15N3O2S/c17-19(18,12-4-2-1-3-5-12)16-7-6-11(9-16)13-8-14-10-15-13/h1-5,8,10-11H,6-7,9H2,(H,14,15). The summed E-state index contributed by atoms with van der Waals surface area (Å²) in [6.07, 6.45) is 4.22. The van der Waals surface area contributed by atoms with Gasteiger partial charge in [0.2, 0.25) is 10.0 Å². The van der Waals surface area contributed by atoms with Crippen molar-refractivity contribution < 1.29 is 8.42 Å². The fourth-order valence-corrected chi connectivity index (χ4v) is 3.95. The van der Waals surface area contributed by atoms with E-state index in [0.717, 1.165) is 12.1 Å². The van der Waals surface area contributed by atoms with Crippen LogP contribution in [0.4, 0.5) is 0 Å². The van der Waals surface area contributed by atoms with Crippen LogP contribution in [0, 0.1) is 0 Å². The molecule has 0 bridgehead atoms. The van der Waals surface area contributed by atoms with Gasteiger partial charge in [0.05, 0.1) is 11.2 Å². The molecule has 19 heavy (non-hydrogen) atoms. The predicted octanol–water partition coefficient (Wildman–Crippen LogP) is 1.59. The third kappa shape index (κ3) is 2.29. The average Bonchev–Trinajstić information content (AvgIpc) is 3.10. The van der Waals surface area contributed by atoms with Gasteiger partial charge in [0.15, 0.2) is 0 Å². The molecule has 1 aromatic heterocycles. The summed E-state index contributed by atoms with van der Waals surface area (Å²) in [7, 11) is -3.36. The highest BCUT2D eigenvalue weighted by molar-refractivity contribution is 7.89. The van der Waals surface area contributed by atoms with Gasteiger partial charge in [-0.2, -0.15) is 4.31 Å². The van der Waals surface area contributed by atoms with Gasteiger partial charge in [0.1, 0.15) is 0 Å². The Kier molecular flexibility index (Phi) is 3.12. The number of nitrogens with zero attached hydrogens (tertiary/aromatic N) is 2. The Morgan fingerprint density at radius 3 is 2.74 bits per heavy atom. The van der Waals surface area contributed by atoms with Crippen molar-refractivity contribution in [3.63, 3.8) is 0 Å². The number of nitrogens with one attached hydrogen (secondary N) is 1. The van der Waals surface area contributed by atoms with Crippen molar-refractivity contribution in [2.45, 2.75) is 17.2 Å². The second-order valence-electron chi connectivity index (χ2n) is 4.67. The summed E-state index contributed by atoms with van der Waals surface area (Å²) in [5.41, 5.74) is 1.01. The summed E-state index contributed by atoms with van der Waals surface area (Å²) >= 11 is 0. The molecule has 2 heterocycles. The first kappa shape index (κ1) is 12.4. The third-order valence-corrected chi connectivity index (χ3v) is 5.37. The van der Waals surface area contributed by atoms with Gasteiger partial charge in [-0.1, -0.05) is 18.2 Å². The first-order chi connectivity index (χ1) is 9.18. The second kappa shape index (κ2) is 4.79. The predicted molar refractivity (Wildman–Crippen MR) is 71.1 cm³/mol. The van der Waals surface area contributed by atoms with Crippen molar-refractivity contribution in [1.29, 1.82) is 0 Å². The summed E-state index contributed by atoms with van der Waals surface area (Å²) in [6.45, 7) is 1.07. The summed E-state index contributed by atoms with van der Waals surface area (Å²) < 4.78 is 26.4. The van der Waals surface area contributed by atoms with Gasteiger partial charge in [-0.3, -0.25) is 0 Å². The van der Waals surface area contributed by atoms with Crippen LogP contribution in [0.3, 0.4) is 0 Å². The van der Waals surface area contributed by atoms with E-state index in [9.17, 15) is 8.42 Å². The van der Waals surface area contributed by atoms with E-state index in [-0.39, 0.29) is 5.92 Å². The lowest BCUT2D eigenvalue weighted by Crippen LogP contribution is -2.28. The zero-order chi connectivity index (χ0) is 13.3. The number of H-pyrrole nitrogens is 1. The Morgan fingerprint density at radius 1 is 1.26 bits per heavy atom. The molecule has 3 rings (SSSR count). The Balaban J connectivity index is 1.81. The number of imidazole rings is 1. The molecule has 1 saturated heterocycles. The highest BCUT2D eigenvalue weighted by Crippen LogP contribution is 2.29. The molecule has 1 aliphatic rings. The molecule has 0 saturated carbocycles. The van der Waals surface area contributed by atoms with Crippen molar-refractivity contribution in [3.05, 3.63) is 48.5 Å². The van der Waals surface area contributed by atoms with Crippen LogP contribution in [0.1, 0.15) is 18.0 Å². The zero-order valence-electron chi connectivity index (χ0n) is 10.4. The lowest BCUT2D eigenvalue weighted by molar-refractivity contribution is 0.472. The van der Waals surface area contributed by atoms with E-state index in [4.69, 9.17) is 0 Å². The second-order valence-corrected chi connectivity index (χ2v) is 6.61. The molecular formula is C13H15N3O2S. The SMILES string of the molecule is O=S(=O)(c1ccccc1)N1CCC(c2cnc[nH]2)C1. The van der Waals surface area contributed by atoms with E-state index >= 15 is 0 Å². The molecule has 1 aromatic carbocycles. The number of hydrogen-bond donors (Lipinski definition) is 1. The van der Waals surface area contributed by atoms with E-state index in [1.165, 1.54) is 0 Å². The fourth-order valence-electron chi connectivity index (χ4n) is 2.43. The van der Waals surface area contributed by atoms with Gasteiger partial charge in [0.25, 0.3) is 0 Å². The van der Waals surface area contributed by atoms with Gasteiger partial charge in [-0.15, -0.1) is 0 Å². The number of aromatic amines is 1. The zero-order valence-corrected chi connectivity index (χ0v) is 11.2. The molecule has 1 atom stereocenters. The lowest BCUT2D eigenvalue weighted by atomic mass is 10.1. The molecule has 1 N–H and O–H groups in total. The molecule has 1 aliphatic heterocycles. The lowest BCUT2D eigenvalue weighted by Gasteiger charge is -2.16. The molecular weight excluding hydrogens is 262 g/mol. The maximum absolute atomic E-state index is 12.4. The van der Waals surface area contributed by atoms with Crippen LogP contribution in [-0.2, 0) is 10.0 Å². The first-order valence-corrected chi connectivity index (χ1v) is 7.65. The van der Waals surface area contributed by atoms with Crippen molar-refractivity contribution in [2.24, 2.45) is 0 Å². The van der Waals surface area contributed by atoms with Crippen LogP contribution in [-0.4, -0.2) is 35.8 Å². The molecule has 0 aliphatic carbocycles. The topological polar surface area (TPSA) is 66.1 Å². The van der Waals surface area contributed by atoms with Crippen LogP contribution in [0.2, 0.25) is 0 Å². The molecule has 0 radical (unpaired) electrons. The molecule has 2 aromatic rings. The summed E-state index contributed by atoms with van der Waals surface area (Å²) in [5.74, 6) is 0.209. The maximum atomic E-state index is 12.4. The van der Waals surface area contributed by atoms with Crippen molar-refractivity contribution in [3.8, 4) is 0 Å². The molecule has 5 nitrogen and oxygen atoms in total. The summed E-state index contributed by atoms with van der Waals surface area (Å²) in [4.78, 5) is 7.41. The minimum absolute atomic E-state index is 0.209. The van der Waals surface area contributed by atoms with Gasteiger partial charge < -0.3 is 4.98 Å². The summed E-state index contributed by atoms with van der Waals surface area (Å²) in [6, 6.07) is 8.58. The van der Waals surface area contributed by atoms with Crippen LogP contribution >= 0.6 is 0 Å². The number of hydrogen-bond acceptors (Lipinski definition) is 3. The van der Waals surface area contributed by atoms with E-state index in [0.29, 0.717) is 18.0 Å². The number of benzene rings is 1. The highest BCUT2D eigenvalue weighted by atomic mass is 32.2. The molecule has 100 valence electrons. The van der Waals surface area contributed by atoms with Gasteiger partial charge in [0, 0.05) is 30.9 Å². The largest absolute Gasteiger partial charge is 0.348 e. The maximum Gasteiger partial charge on any atom is 0.243 e. The molecule has 1 unspecified atom stereocenters. The summed E-state index contributed by atoms with van der Waals surface area (Å²) in [5, 5.41) is 0. The minimum atomic E-state index is -3.36. The van der Waals surface area contributed by atoms with E-state index in [1.807, 2.05) is 6.07 Å². The molecule has 1 fully saturated rings. The Labute approximate surface area is 112 Å². The first-order valence-electron chi connectivity index (χ1n) is 6.21. The van der Waals surface area contributed by atoms with Gasteiger partial charge in [-0.25, -0.2) is 13.4 Å². The van der Waals surface area contributed by atoms with E-state index < -0.39 is 10.0 Å². The Bertz CT molecular complexity index is 638. The fraction of sp³-hybridized carbons (Fsp3) is 0.308. The van der Waals surface area contributed by atoms with Crippen molar-refractivity contribution >= 4 is 10.0 Å². The van der Waals surface area contributed by atoms with Crippen LogP contribution in [0.5, 0.6) is 0 Å². The van der Waals surface area contributed by atoms with E-state index in [1.54, 1.807) is 41.1 Å². The average molecular weight is 277 g/mol. The third-order valence-electron chi connectivity index (χ3n) is 3.49. The van der Waals surface area contributed by atoms with Crippen molar-refractivity contribution in [2.75, 3.05) is 13.1 Å². The molecule has 0 spiro atoms. The van der Waals surface area contributed by atoms with Gasteiger partial charge >= 0.3 is 0 Å². The Hall–Kier alpha value is -1.66.